The molecule has 27 heavy (non-hydrogen) atoms. The summed E-state index contributed by atoms with van der Waals surface area (Å²) in [6, 6.07) is 6.44. The molecule has 0 unspecified atom stereocenters. The van der Waals surface area contributed by atoms with E-state index in [4.69, 9.17) is 11.5 Å². The predicted molar refractivity (Wildman–Crippen MR) is 99.7 cm³/mol. The maximum Gasteiger partial charge on any atom is 0.254 e. The molecule has 1 spiro atoms. The van der Waals surface area contributed by atoms with Crippen molar-refractivity contribution in [2.75, 3.05) is 18.8 Å². The number of anilines is 1. The van der Waals surface area contributed by atoms with Gasteiger partial charge in [0, 0.05) is 24.1 Å². The zero-order chi connectivity index (χ0) is 19.3. The van der Waals surface area contributed by atoms with Gasteiger partial charge in [0.05, 0.1) is 6.04 Å². The van der Waals surface area contributed by atoms with Gasteiger partial charge in [-0.25, -0.2) is 4.68 Å². The molecule has 1 saturated carbocycles. The van der Waals surface area contributed by atoms with Crippen LogP contribution < -0.4 is 11.5 Å². The van der Waals surface area contributed by atoms with Crippen LogP contribution in [0, 0.1) is 5.41 Å². The summed E-state index contributed by atoms with van der Waals surface area (Å²) < 4.78 is 1.67. The van der Waals surface area contributed by atoms with Gasteiger partial charge >= 0.3 is 0 Å². The number of benzene rings is 1. The van der Waals surface area contributed by atoms with Crippen molar-refractivity contribution in [1.82, 2.24) is 14.7 Å². The van der Waals surface area contributed by atoms with E-state index in [-0.39, 0.29) is 34.5 Å². The molecule has 4 rings (SSSR count). The van der Waals surface area contributed by atoms with Crippen molar-refractivity contribution in [3.05, 3.63) is 42.5 Å². The highest BCUT2D eigenvalue weighted by Crippen LogP contribution is 2.54. The van der Waals surface area contributed by atoms with E-state index in [1.807, 2.05) is 0 Å². The van der Waals surface area contributed by atoms with Crippen LogP contribution in [0.4, 0.5) is 5.82 Å². The predicted octanol–water partition coefficient (Wildman–Crippen LogP) is 1.29. The van der Waals surface area contributed by atoms with Crippen LogP contribution in [0.1, 0.15) is 29.2 Å². The number of phenols is 1. The van der Waals surface area contributed by atoms with Gasteiger partial charge in [-0.1, -0.05) is 6.58 Å². The van der Waals surface area contributed by atoms with Crippen LogP contribution in [0.5, 0.6) is 5.75 Å². The second-order valence-corrected chi connectivity index (χ2v) is 7.43. The van der Waals surface area contributed by atoms with Crippen molar-refractivity contribution in [3.8, 4) is 17.0 Å². The second kappa shape index (κ2) is 5.87. The largest absolute Gasteiger partial charge is 0.508 e. The number of phenolic OH excluding ortho intramolecular Hbond substituents is 1. The number of amides is 2. The van der Waals surface area contributed by atoms with E-state index in [1.165, 1.54) is 18.2 Å². The quantitative estimate of drug-likeness (QED) is 0.702. The molecule has 2 fully saturated rings. The number of aromatic nitrogens is 2. The molecule has 0 atom stereocenters. The van der Waals surface area contributed by atoms with Crippen LogP contribution >= 0.6 is 0 Å². The fourth-order valence-corrected chi connectivity index (χ4v) is 4.21. The lowest BCUT2D eigenvalue weighted by Crippen LogP contribution is -2.63. The van der Waals surface area contributed by atoms with Crippen LogP contribution in [0.25, 0.3) is 11.3 Å². The number of aromatic hydroxyl groups is 1. The molecule has 5 N–H and O–H groups in total. The summed E-state index contributed by atoms with van der Waals surface area (Å²) in [6.07, 6.45) is 3.01. The number of rotatable bonds is 4. The van der Waals surface area contributed by atoms with Crippen molar-refractivity contribution in [2.24, 2.45) is 11.1 Å². The second-order valence-electron chi connectivity index (χ2n) is 7.43. The van der Waals surface area contributed by atoms with E-state index in [0.29, 0.717) is 24.3 Å². The van der Waals surface area contributed by atoms with Gasteiger partial charge in [0.2, 0.25) is 5.91 Å². The minimum absolute atomic E-state index is 0.0479. The Morgan fingerprint density at radius 2 is 1.89 bits per heavy atom. The molecule has 140 valence electrons. The molecule has 8 heteroatoms. The first-order valence-corrected chi connectivity index (χ1v) is 8.72. The number of nitrogens with two attached hydrogens (primary N) is 2. The number of primary amides is 1. The summed E-state index contributed by atoms with van der Waals surface area (Å²) in [4.78, 5) is 25.4. The lowest BCUT2D eigenvalue weighted by atomic mass is 9.60. The normalized spacial score (nSPS) is 18.0. The molecule has 0 bridgehead atoms. The van der Waals surface area contributed by atoms with Crippen LogP contribution in [0.2, 0.25) is 0 Å². The monoisotopic (exact) mass is 367 g/mol. The van der Waals surface area contributed by atoms with Gasteiger partial charge in [-0.15, -0.1) is 0 Å². The fourth-order valence-electron chi connectivity index (χ4n) is 4.21. The molecular formula is C19H21N5O3. The number of nitrogens with zero attached hydrogens (tertiary/aromatic N) is 3. The number of hydrogen-bond acceptors (Lipinski definition) is 5. The van der Waals surface area contributed by atoms with E-state index >= 15 is 0 Å². The molecule has 1 saturated heterocycles. The van der Waals surface area contributed by atoms with Gasteiger partial charge in [0.25, 0.3) is 5.91 Å². The molecule has 2 aromatic rings. The van der Waals surface area contributed by atoms with Crippen molar-refractivity contribution >= 4 is 17.6 Å². The Morgan fingerprint density at radius 1 is 1.26 bits per heavy atom. The topological polar surface area (TPSA) is 127 Å². The summed E-state index contributed by atoms with van der Waals surface area (Å²) in [6.45, 7) is 4.93. The summed E-state index contributed by atoms with van der Waals surface area (Å²) >= 11 is 0. The maximum absolute atomic E-state index is 12.0. The number of likely N-dealkylation sites (tertiary alicyclic amines) is 1. The lowest BCUT2D eigenvalue weighted by Gasteiger charge is -2.58. The minimum atomic E-state index is -0.637. The van der Waals surface area contributed by atoms with Crippen LogP contribution in [0.15, 0.2) is 36.9 Å². The Bertz CT molecular complexity index is 933. The van der Waals surface area contributed by atoms with E-state index in [0.717, 1.165) is 12.8 Å². The molecule has 2 heterocycles. The number of nitrogen functional groups attached to an aromatic ring is 1. The van der Waals surface area contributed by atoms with E-state index in [2.05, 4.69) is 11.7 Å². The Kier molecular flexibility index (Phi) is 3.73. The average molecular weight is 367 g/mol. The molecule has 0 radical (unpaired) electrons. The minimum Gasteiger partial charge on any atom is -0.508 e. The van der Waals surface area contributed by atoms with Crippen LogP contribution in [-0.2, 0) is 4.79 Å². The molecule has 1 aromatic carbocycles. The summed E-state index contributed by atoms with van der Waals surface area (Å²) in [5.41, 5.74) is 13.1. The third-order valence-electron chi connectivity index (χ3n) is 5.56. The third kappa shape index (κ3) is 2.64. The Labute approximate surface area is 156 Å². The summed E-state index contributed by atoms with van der Waals surface area (Å²) in [5.74, 6) is -0.310. The molecule has 2 amide bonds. The van der Waals surface area contributed by atoms with Crippen molar-refractivity contribution in [1.29, 1.82) is 0 Å². The molecule has 1 aliphatic carbocycles. The average Bonchev–Trinajstić information content (AvgIpc) is 2.90. The van der Waals surface area contributed by atoms with Gasteiger partial charge in [-0.05, 0) is 43.2 Å². The van der Waals surface area contributed by atoms with Gasteiger partial charge in [-0.3, -0.25) is 9.59 Å². The zero-order valence-electron chi connectivity index (χ0n) is 14.8. The van der Waals surface area contributed by atoms with Gasteiger partial charge in [-0.2, -0.15) is 5.10 Å². The first kappa shape index (κ1) is 17.1. The van der Waals surface area contributed by atoms with Gasteiger partial charge in [0.15, 0.2) is 0 Å². The van der Waals surface area contributed by atoms with E-state index in [1.54, 1.807) is 21.7 Å². The van der Waals surface area contributed by atoms with E-state index < -0.39 is 5.91 Å². The Balaban J connectivity index is 1.58. The number of carbonyl (C=O) groups excluding carboxylic acids is 2. The van der Waals surface area contributed by atoms with Crippen LogP contribution in [-0.4, -0.2) is 44.7 Å². The molecule has 8 nitrogen and oxygen atoms in total. The third-order valence-corrected chi connectivity index (χ3v) is 5.56. The Hall–Kier alpha value is -3.29. The SMILES string of the molecule is C=CC(=O)N1CC2(CC(n3nc(-c4ccc(O)cc4)c(C(N)=O)c3N)C2)C1. The number of hydrogen-bond donors (Lipinski definition) is 3. The fraction of sp³-hybridized carbons (Fsp3) is 0.316. The number of carbonyl (C=O) groups is 2. The van der Waals surface area contributed by atoms with Crippen molar-refractivity contribution in [2.45, 2.75) is 18.9 Å². The smallest absolute Gasteiger partial charge is 0.254 e. The van der Waals surface area contributed by atoms with Crippen LogP contribution in [0.3, 0.4) is 0 Å². The molecule has 1 aliphatic heterocycles. The first-order chi connectivity index (χ1) is 12.8. The molecule has 2 aliphatic rings. The summed E-state index contributed by atoms with van der Waals surface area (Å²) in [5, 5.41) is 14.0. The molecule has 1 aromatic heterocycles. The standard InChI is InChI=1S/C19H21N5O3/c1-2-14(26)23-9-19(10-23)7-12(8-19)24-17(20)15(18(21)27)16(22-24)11-3-5-13(25)6-4-11/h2-6,12,25H,1,7-10,20H2,(H2,21,27). The summed E-state index contributed by atoms with van der Waals surface area (Å²) in [7, 11) is 0. The highest BCUT2D eigenvalue weighted by atomic mass is 16.3. The molecular weight excluding hydrogens is 346 g/mol. The lowest BCUT2D eigenvalue weighted by molar-refractivity contribution is -0.148. The highest BCUT2D eigenvalue weighted by Gasteiger charge is 2.54. The first-order valence-electron chi connectivity index (χ1n) is 8.72. The van der Waals surface area contributed by atoms with Crippen molar-refractivity contribution < 1.29 is 14.7 Å². The Morgan fingerprint density at radius 3 is 2.44 bits per heavy atom. The highest BCUT2D eigenvalue weighted by molar-refractivity contribution is 6.03. The van der Waals surface area contributed by atoms with Gasteiger partial charge < -0.3 is 21.5 Å². The van der Waals surface area contributed by atoms with E-state index in [9.17, 15) is 14.7 Å². The zero-order valence-corrected chi connectivity index (χ0v) is 14.8. The maximum atomic E-state index is 12.0. The van der Waals surface area contributed by atoms with Crippen molar-refractivity contribution in [3.63, 3.8) is 0 Å². The van der Waals surface area contributed by atoms with Gasteiger partial charge in [0.1, 0.15) is 22.8 Å².